The van der Waals surface area contributed by atoms with E-state index >= 15 is 0 Å². The van der Waals surface area contributed by atoms with E-state index < -0.39 is 58.0 Å². The van der Waals surface area contributed by atoms with E-state index in [1.807, 2.05) is 4.98 Å². The SMILES string of the molecule is C[N+](C)(C)CCO.C[N+](C)(C)CCO.C[N+](C)(C)CCO.O=c1ccn([C@@H]2O[C@H](COP(=O)([O-])OP(=O)([O-])[O-])[C@@H](O)[C@H]2O)c(=O)[nH]1. The van der Waals surface area contributed by atoms with Crippen molar-refractivity contribution in [1.29, 1.82) is 0 Å². The first kappa shape index (κ1) is 46.7. The summed E-state index contributed by atoms with van der Waals surface area (Å²) in [7, 11) is 7.04. The molecule has 1 aromatic heterocycles. The quantitative estimate of drug-likeness (QED) is 0.0870. The molecule has 1 aromatic rings. The van der Waals surface area contributed by atoms with Crippen LogP contribution in [0.3, 0.4) is 0 Å². The number of H-pyrrole nitrogens is 1. The second kappa shape index (κ2) is 20.2. The van der Waals surface area contributed by atoms with E-state index in [-0.39, 0.29) is 19.8 Å². The third-order valence-electron chi connectivity index (χ3n) is 5.37. The molecule has 20 nitrogen and oxygen atoms in total. The first-order valence-electron chi connectivity index (χ1n) is 13.8. The fourth-order valence-electron chi connectivity index (χ4n) is 2.94. The van der Waals surface area contributed by atoms with E-state index in [0.717, 1.165) is 49.9 Å². The van der Waals surface area contributed by atoms with Crippen LogP contribution < -0.4 is 25.9 Å². The Kier molecular flexibility index (Phi) is 20.5. The number of aromatic amines is 1. The number of quaternary nitrogens is 3. The van der Waals surface area contributed by atoms with E-state index in [0.29, 0.717) is 0 Å². The van der Waals surface area contributed by atoms with Crippen LogP contribution in [-0.2, 0) is 22.7 Å². The van der Waals surface area contributed by atoms with Gasteiger partial charge in [0, 0.05) is 12.3 Å². The number of rotatable bonds is 12. The summed E-state index contributed by atoms with van der Waals surface area (Å²) in [6.45, 7) is 2.32. The number of nitrogens with zero attached hydrogens (tertiary/aromatic N) is 4. The highest BCUT2D eigenvalue weighted by atomic mass is 31.3. The van der Waals surface area contributed by atoms with Gasteiger partial charge in [0.15, 0.2) is 6.23 Å². The summed E-state index contributed by atoms with van der Waals surface area (Å²) in [5.74, 6) is 0. The van der Waals surface area contributed by atoms with Gasteiger partial charge in [0.25, 0.3) is 13.4 Å². The van der Waals surface area contributed by atoms with Gasteiger partial charge < -0.3 is 67.5 Å². The minimum atomic E-state index is -5.88. The minimum Gasteiger partial charge on any atom is -0.790 e. The third kappa shape index (κ3) is 23.8. The van der Waals surface area contributed by atoms with E-state index in [4.69, 9.17) is 20.1 Å². The Morgan fingerprint density at radius 1 is 0.826 bits per heavy atom. The zero-order valence-corrected chi connectivity index (χ0v) is 29.7. The first-order valence-corrected chi connectivity index (χ1v) is 16.8. The second-order valence-corrected chi connectivity index (χ2v) is 15.7. The van der Waals surface area contributed by atoms with Crippen molar-refractivity contribution < 1.29 is 76.4 Å². The smallest absolute Gasteiger partial charge is 0.330 e. The fraction of sp³-hybridized carbons (Fsp3) is 0.833. The van der Waals surface area contributed by atoms with Crippen LogP contribution in [0.5, 0.6) is 0 Å². The Labute approximate surface area is 268 Å². The molecule has 22 heteroatoms. The predicted molar refractivity (Wildman–Crippen MR) is 159 cm³/mol. The van der Waals surface area contributed by atoms with Crippen molar-refractivity contribution in [3.05, 3.63) is 33.1 Å². The average molecular weight is 714 g/mol. The maximum Gasteiger partial charge on any atom is 0.330 e. The van der Waals surface area contributed by atoms with Gasteiger partial charge in [-0.15, -0.1) is 0 Å². The molecular formula is C24H53N5O15P2. The molecule has 6 N–H and O–H groups in total. The van der Waals surface area contributed by atoms with Crippen molar-refractivity contribution in [1.82, 2.24) is 9.55 Å². The number of hydrogen-bond donors (Lipinski definition) is 6. The summed E-state index contributed by atoms with van der Waals surface area (Å²) in [6, 6.07) is 0.938. The van der Waals surface area contributed by atoms with E-state index in [2.05, 4.69) is 72.3 Å². The highest BCUT2D eigenvalue weighted by Crippen LogP contribution is 2.50. The molecule has 0 bridgehead atoms. The molecule has 5 atom stereocenters. The van der Waals surface area contributed by atoms with Gasteiger partial charge in [-0.05, 0) is 0 Å². The van der Waals surface area contributed by atoms with E-state index in [9.17, 15) is 43.6 Å². The van der Waals surface area contributed by atoms with Crippen LogP contribution in [0.4, 0.5) is 0 Å². The zero-order chi connectivity index (χ0) is 36.7. The molecule has 1 saturated heterocycles. The number of aliphatic hydroxyl groups excluding tert-OH is 5. The molecule has 0 aliphatic carbocycles. The van der Waals surface area contributed by atoms with Crippen LogP contribution in [0, 0.1) is 0 Å². The van der Waals surface area contributed by atoms with Gasteiger partial charge >= 0.3 is 5.69 Å². The van der Waals surface area contributed by atoms with E-state index in [1.165, 1.54) is 0 Å². The van der Waals surface area contributed by atoms with Crippen LogP contribution in [0.15, 0.2) is 21.9 Å². The van der Waals surface area contributed by atoms with Crippen LogP contribution in [0.25, 0.3) is 0 Å². The number of nitrogens with one attached hydrogen (secondary N) is 1. The summed E-state index contributed by atoms with van der Waals surface area (Å²) in [5, 5.41) is 44.9. The zero-order valence-electron chi connectivity index (χ0n) is 27.9. The molecule has 1 fully saturated rings. The molecule has 0 amide bonds. The lowest BCUT2D eigenvalue weighted by atomic mass is 10.1. The molecular weight excluding hydrogens is 660 g/mol. The Bertz CT molecular complexity index is 1170. The van der Waals surface area contributed by atoms with Crippen LogP contribution >= 0.6 is 15.6 Å². The summed E-state index contributed by atoms with van der Waals surface area (Å²) >= 11 is 0. The molecule has 0 radical (unpaired) electrons. The van der Waals surface area contributed by atoms with Gasteiger partial charge in [0.2, 0.25) is 0 Å². The Hall–Kier alpha value is -1.42. The van der Waals surface area contributed by atoms with Gasteiger partial charge in [-0.3, -0.25) is 23.2 Å². The average Bonchev–Trinajstić information content (AvgIpc) is 3.09. The van der Waals surface area contributed by atoms with Crippen molar-refractivity contribution >= 4 is 15.6 Å². The maximum absolute atomic E-state index is 11.6. The van der Waals surface area contributed by atoms with Crippen LogP contribution in [-0.4, -0.2) is 176 Å². The standard InChI is InChI=1S/C9H14N2O12P2.3C5H14NO/c12-5-1-2-11(9(15)10-5)8-7(14)6(13)4(22-8)3-21-25(19,20)23-24(16,17)18;3*1-6(2,3)4-5-7/h1-2,4,6-8,13-14H,3H2,(H,19,20)(H,10,12,15)(H2,16,17,18);3*7H,4-5H2,1-3H3/q;3*+1/p-3/t4-,6-,7-,8-;;;/m1.../s1. The molecule has 1 aliphatic rings. The van der Waals surface area contributed by atoms with Gasteiger partial charge in [0.05, 0.1) is 97.7 Å². The number of ether oxygens (including phenoxy) is 1. The molecule has 1 unspecified atom stereocenters. The lowest BCUT2D eigenvalue weighted by Gasteiger charge is -2.35. The summed E-state index contributed by atoms with van der Waals surface area (Å²) < 4.78 is 37.1. The van der Waals surface area contributed by atoms with Gasteiger partial charge in [-0.1, -0.05) is 0 Å². The predicted octanol–water partition coefficient (Wildman–Crippen LogP) is -5.46. The summed E-state index contributed by atoms with van der Waals surface area (Å²) in [6.07, 6.45) is -5.51. The molecule has 0 spiro atoms. The number of aliphatic hydroxyl groups is 5. The molecule has 46 heavy (non-hydrogen) atoms. The number of phosphoric acid groups is 2. The molecule has 1 aliphatic heterocycles. The lowest BCUT2D eigenvalue weighted by molar-refractivity contribution is -0.870. The highest BCUT2D eigenvalue weighted by Gasteiger charge is 2.44. The largest absolute Gasteiger partial charge is 0.790 e. The topological polar surface area (TPSA) is 287 Å². The third-order valence-corrected chi connectivity index (χ3v) is 7.44. The molecule has 2 heterocycles. The van der Waals surface area contributed by atoms with E-state index in [1.54, 1.807) is 0 Å². The minimum absolute atomic E-state index is 0.281. The first-order chi connectivity index (χ1) is 20.6. The van der Waals surface area contributed by atoms with Crippen molar-refractivity contribution in [2.45, 2.75) is 24.5 Å². The lowest BCUT2D eigenvalue weighted by Crippen LogP contribution is -2.37. The maximum atomic E-state index is 11.6. The summed E-state index contributed by atoms with van der Waals surface area (Å²) in [5.41, 5.74) is -1.69. The second-order valence-electron chi connectivity index (χ2n) is 13.0. The number of hydrogen-bond acceptors (Lipinski definition) is 15. The van der Waals surface area contributed by atoms with Gasteiger partial charge in [0.1, 0.15) is 37.9 Å². The van der Waals surface area contributed by atoms with Gasteiger partial charge in [-0.2, -0.15) is 0 Å². The normalized spacial score (nSPS) is 21.5. The molecule has 274 valence electrons. The van der Waals surface area contributed by atoms with Crippen LogP contribution in [0.1, 0.15) is 6.23 Å². The van der Waals surface area contributed by atoms with Crippen molar-refractivity contribution in [2.75, 3.05) is 109 Å². The molecule has 0 saturated carbocycles. The Morgan fingerprint density at radius 3 is 1.54 bits per heavy atom. The van der Waals surface area contributed by atoms with Crippen molar-refractivity contribution in [3.8, 4) is 0 Å². The Balaban J connectivity index is 0. The Morgan fingerprint density at radius 2 is 1.24 bits per heavy atom. The van der Waals surface area contributed by atoms with Crippen molar-refractivity contribution in [3.63, 3.8) is 0 Å². The van der Waals surface area contributed by atoms with Crippen LogP contribution in [0.2, 0.25) is 0 Å². The number of phosphoric ester groups is 1. The highest BCUT2D eigenvalue weighted by molar-refractivity contribution is 7.58. The summed E-state index contributed by atoms with van der Waals surface area (Å²) in [4.78, 5) is 56.2. The van der Waals surface area contributed by atoms with Gasteiger partial charge in [-0.25, -0.2) is 4.79 Å². The monoisotopic (exact) mass is 713 g/mol. The van der Waals surface area contributed by atoms with Crippen molar-refractivity contribution in [2.24, 2.45) is 0 Å². The molecule has 2 rings (SSSR count). The number of aromatic nitrogens is 2. The number of likely N-dealkylation sites (N-methyl/N-ethyl adjacent to an activating group) is 3. The molecule has 0 aromatic carbocycles. The fourth-order valence-corrected chi connectivity index (χ4v) is 4.43.